The molecule has 2 aliphatic heterocycles. The molecule has 0 atom stereocenters. The van der Waals surface area contributed by atoms with Gasteiger partial charge in [0, 0.05) is 66.6 Å². The maximum Gasteiger partial charge on any atom is 0.229 e. The molecule has 6 nitrogen and oxygen atoms in total. The van der Waals surface area contributed by atoms with E-state index in [1.165, 1.54) is 0 Å². The van der Waals surface area contributed by atoms with Gasteiger partial charge in [0.2, 0.25) is 11.8 Å². The molecule has 3 aliphatic rings. The lowest BCUT2D eigenvalue weighted by atomic mass is 9.95. The normalized spacial score (nSPS) is 19.0. The maximum atomic E-state index is 13.0. The molecule has 3 heterocycles. The topological polar surface area (TPSA) is 65.5 Å². The van der Waals surface area contributed by atoms with Crippen LogP contribution < -0.4 is 5.32 Å². The third kappa shape index (κ3) is 4.59. The highest BCUT2D eigenvalue weighted by molar-refractivity contribution is 6.30. The van der Waals surface area contributed by atoms with E-state index >= 15 is 0 Å². The van der Waals surface area contributed by atoms with Crippen LogP contribution in [0.1, 0.15) is 25.7 Å². The molecule has 35 heavy (non-hydrogen) atoms. The van der Waals surface area contributed by atoms with Crippen molar-refractivity contribution in [3.63, 3.8) is 0 Å². The molecule has 0 spiro atoms. The van der Waals surface area contributed by atoms with Crippen LogP contribution in [0, 0.1) is 11.8 Å². The molecule has 6 rings (SSSR count). The quantitative estimate of drug-likeness (QED) is 0.559. The molecule has 7 heteroatoms. The average molecular weight is 489 g/mol. The summed E-state index contributed by atoms with van der Waals surface area (Å²) in [5.74, 6) is 0.669. The van der Waals surface area contributed by atoms with Crippen LogP contribution in [0.5, 0.6) is 0 Å². The summed E-state index contributed by atoms with van der Waals surface area (Å²) in [6.07, 6.45) is 7.55. The number of nitrogens with zero attached hydrogens (tertiary/aromatic N) is 3. The number of fused-ring (bicyclic) bond motifs is 1. The number of carbonyl (C=O) groups is 2. The minimum Gasteiger partial charge on any atom is -0.382 e. The second kappa shape index (κ2) is 9.15. The molecule has 1 saturated carbocycles. The van der Waals surface area contributed by atoms with Crippen molar-refractivity contribution < 1.29 is 9.59 Å². The first-order valence-electron chi connectivity index (χ1n) is 12.5. The van der Waals surface area contributed by atoms with E-state index in [2.05, 4.69) is 28.5 Å². The van der Waals surface area contributed by atoms with Gasteiger partial charge in [-0.2, -0.15) is 0 Å². The second-order valence-electron chi connectivity index (χ2n) is 10.1. The third-order valence-electron chi connectivity index (χ3n) is 7.55. The van der Waals surface area contributed by atoms with E-state index in [-0.39, 0.29) is 29.7 Å². The van der Waals surface area contributed by atoms with Crippen molar-refractivity contribution in [2.75, 3.05) is 31.5 Å². The van der Waals surface area contributed by atoms with E-state index in [1.807, 2.05) is 46.5 Å². The minimum absolute atomic E-state index is 0.0217. The van der Waals surface area contributed by atoms with E-state index in [1.54, 1.807) is 0 Å². The van der Waals surface area contributed by atoms with Gasteiger partial charge in [-0.1, -0.05) is 23.7 Å². The first-order valence-corrected chi connectivity index (χ1v) is 12.9. The summed E-state index contributed by atoms with van der Waals surface area (Å²) in [5.41, 5.74) is 3.24. The van der Waals surface area contributed by atoms with Crippen LogP contribution in [0.4, 0.5) is 5.69 Å². The monoisotopic (exact) mass is 488 g/mol. The Morgan fingerprint density at radius 1 is 0.886 bits per heavy atom. The van der Waals surface area contributed by atoms with Crippen molar-refractivity contribution in [3.05, 3.63) is 59.9 Å². The summed E-state index contributed by atoms with van der Waals surface area (Å²) in [5, 5.41) is 6.68. The van der Waals surface area contributed by atoms with Crippen molar-refractivity contribution in [1.82, 2.24) is 14.8 Å². The number of anilines is 1. The first kappa shape index (κ1) is 22.4. The number of nitrogens with one attached hydrogen (secondary N) is 1. The smallest absolute Gasteiger partial charge is 0.229 e. The molecule has 0 unspecified atom stereocenters. The zero-order valence-electron chi connectivity index (χ0n) is 19.6. The number of piperidine rings is 1. The highest BCUT2D eigenvalue weighted by Crippen LogP contribution is 2.35. The zero-order valence-corrected chi connectivity index (χ0v) is 20.4. The lowest BCUT2D eigenvalue weighted by molar-refractivity contribution is -0.149. The Morgan fingerprint density at radius 2 is 1.66 bits per heavy atom. The SMILES string of the molecule is O=C(C1CN(C(=O)C2CC2)C1)N1CCC(Nc2cc(-c3cccc(Cl)c3)cc3ccncc23)CC1. The highest BCUT2D eigenvalue weighted by Gasteiger charge is 2.43. The molecule has 3 fully saturated rings. The molecule has 2 aromatic carbocycles. The van der Waals surface area contributed by atoms with Gasteiger partial charge in [-0.25, -0.2) is 0 Å². The van der Waals surface area contributed by atoms with E-state index in [0.29, 0.717) is 13.1 Å². The van der Waals surface area contributed by atoms with Gasteiger partial charge in [0.05, 0.1) is 5.92 Å². The van der Waals surface area contributed by atoms with E-state index in [0.717, 1.165) is 71.4 Å². The van der Waals surface area contributed by atoms with Gasteiger partial charge in [0.1, 0.15) is 0 Å². The summed E-state index contributed by atoms with van der Waals surface area (Å²) in [6, 6.07) is 14.6. The lowest BCUT2D eigenvalue weighted by Crippen LogP contribution is -2.58. The van der Waals surface area contributed by atoms with Crippen LogP contribution in [-0.4, -0.2) is 58.8 Å². The van der Waals surface area contributed by atoms with E-state index < -0.39 is 0 Å². The van der Waals surface area contributed by atoms with Crippen molar-refractivity contribution in [2.24, 2.45) is 11.8 Å². The standard InChI is InChI=1S/C28H29ClN4O2/c29-23-3-1-2-19(13-23)21-12-20-6-9-30-15-25(20)26(14-21)31-24-7-10-32(11-8-24)28(35)22-16-33(17-22)27(34)18-4-5-18/h1-3,6,9,12-15,18,22,24,31H,4-5,7-8,10-11,16-17H2. The summed E-state index contributed by atoms with van der Waals surface area (Å²) >= 11 is 6.25. The van der Waals surface area contributed by atoms with E-state index in [4.69, 9.17) is 11.6 Å². The second-order valence-corrected chi connectivity index (χ2v) is 10.5. The van der Waals surface area contributed by atoms with E-state index in [9.17, 15) is 9.59 Å². The lowest BCUT2D eigenvalue weighted by Gasteiger charge is -2.42. The predicted octanol–water partition coefficient (Wildman–Crippen LogP) is 4.83. The Balaban J connectivity index is 1.11. The average Bonchev–Trinajstić information content (AvgIpc) is 3.69. The van der Waals surface area contributed by atoms with Crippen molar-refractivity contribution >= 4 is 39.9 Å². The number of carbonyl (C=O) groups excluding carboxylic acids is 2. The molecule has 0 bridgehead atoms. The number of amides is 2. The number of hydrogen-bond donors (Lipinski definition) is 1. The van der Waals surface area contributed by atoms with Crippen molar-refractivity contribution in [3.8, 4) is 11.1 Å². The number of pyridine rings is 1. The molecule has 180 valence electrons. The van der Waals surface area contributed by atoms with Gasteiger partial charge in [-0.3, -0.25) is 14.6 Å². The third-order valence-corrected chi connectivity index (χ3v) is 7.78. The van der Waals surface area contributed by atoms with Crippen molar-refractivity contribution in [1.29, 1.82) is 0 Å². The molecular weight excluding hydrogens is 460 g/mol. The van der Waals surface area contributed by atoms with Gasteiger partial charge in [-0.15, -0.1) is 0 Å². The number of rotatable bonds is 5. The number of hydrogen-bond acceptors (Lipinski definition) is 4. The van der Waals surface area contributed by atoms with Crippen LogP contribution in [0.2, 0.25) is 5.02 Å². The molecule has 1 N–H and O–H groups in total. The Labute approximate surface area is 210 Å². The fraction of sp³-hybridized carbons (Fsp3) is 0.393. The van der Waals surface area contributed by atoms with Gasteiger partial charge in [0.15, 0.2) is 0 Å². The zero-order chi connectivity index (χ0) is 23.9. The molecule has 2 saturated heterocycles. The molecule has 0 radical (unpaired) electrons. The Bertz CT molecular complexity index is 1280. The summed E-state index contributed by atoms with van der Waals surface area (Å²) in [7, 11) is 0. The number of aromatic nitrogens is 1. The van der Waals surface area contributed by atoms with Crippen LogP contribution >= 0.6 is 11.6 Å². The van der Waals surface area contributed by atoms with Gasteiger partial charge in [0.25, 0.3) is 0 Å². The van der Waals surface area contributed by atoms with Crippen molar-refractivity contribution in [2.45, 2.75) is 31.7 Å². The Kier molecular flexibility index (Phi) is 5.85. The largest absolute Gasteiger partial charge is 0.382 e. The van der Waals surface area contributed by atoms with Gasteiger partial charge >= 0.3 is 0 Å². The number of halogens is 1. The van der Waals surface area contributed by atoms with Gasteiger partial charge < -0.3 is 15.1 Å². The highest BCUT2D eigenvalue weighted by atomic mass is 35.5. The fourth-order valence-electron chi connectivity index (χ4n) is 5.28. The van der Waals surface area contributed by atoms with Crippen LogP contribution in [-0.2, 0) is 9.59 Å². The number of benzene rings is 2. The molecule has 3 aromatic rings. The van der Waals surface area contributed by atoms with Crippen LogP contribution in [0.3, 0.4) is 0 Å². The molecule has 2 amide bonds. The summed E-state index contributed by atoms with van der Waals surface area (Å²) in [4.78, 5) is 33.3. The van der Waals surface area contributed by atoms with Crippen LogP contribution in [0.15, 0.2) is 54.9 Å². The van der Waals surface area contributed by atoms with Gasteiger partial charge in [-0.05, 0) is 72.5 Å². The predicted molar refractivity (Wildman–Crippen MR) is 138 cm³/mol. The number of likely N-dealkylation sites (tertiary alicyclic amines) is 2. The molecule has 1 aromatic heterocycles. The summed E-state index contributed by atoms with van der Waals surface area (Å²) < 4.78 is 0. The summed E-state index contributed by atoms with van der Waals surface area (Å²) in [6.45, 7) is 2.69. The first-order chi connectivity index (χ1) is 17.0. The van der Waals surface area contributed by atoms with Crippen LogP contribution in [0.25, 0.3) is 21.9 Å². The Morgan fingerprint density at radius 3 is 2.40 bits per heavy atom. The minimum atomic E-state index is -0.0217. The molecular formula is C28H29ClN4O2. The maximum absolute atomic E-state index is 13.0. The Hall–Kier alpha value is -3.12. The fourth-order valence-corrected chi connectivity index (χ4v) is 5.47. The molecule has 1 aliphatic carbocycles.